The van der Waals surface area contributed by atoms with Crippen LogP contribution in [0.4, 0.5) is 17.1 Å². The molecule has 40 heavy (non-hydrogen) atoms. The third-order valence-electron chi connectivity index (χ3n) is 8.55. The second-order valence-corrected chi connectivity index (χ2v) is 13.1. The Balaban J connectivity index is 1.23. The number of fused-ring (bicyclic) bond motifs is 8. The van der Waals surface area contributed by atoms with Gasteiger partial charge in [-0.3, -0.25) is 0 Å². The highest BCUT2D eigenvalue weighted by Crippen LogP contribution is 2.57. The lowest BCUT2D eigenvalue weighted by atomic mass is 10.00. The third kappa shape index (κ3) is 3.51. The fraction of sp³-hybridized carbons (Fsp3) is 0.0811. The Hall–Kier alpha value is -4.18. The molecule has 0 bridgehead atoms. The summed E-state index contributed by atoms with van der Waals surface area (Å²) in [5.74, 6) is 1.45. The van der Waals surface area contributed by atoms with Crippen LogP contribution in [0.2, 0.25) is 0 Å². The highest BCUT2D eigenvalue weighted by atomic mass is 32.1. The maximum Gasteiger partial charge on any atom is 0.0468 e. The van der Waals surface area contributed by atoms with Crippen LogP contribution in [0.25, 0.3) is 47.5 Å². The Morgan fingerprint density at radius 1 is 0.550 bits per heavy atom. The van der Waals surface area contributed by atoms with Crippen LogP contribution in [0.5, 0.6) is 0 Å². The second-order valence-electron chi connectivity index (χ2n) is 11.0. The van der Waals surface area contributed by atoms with E-state index in [0.717, 1.165) is 5.92 Å². The highest BCUT2D eigenvalue weighted by Gasteiger charge is 2.41. The monoisotopic (exact) mass is 547 g/mol. The Morgan fingerprint density at radius 2 is 1.20 bits per heavy atom. The van der Waals surface area contributed by atoms with Gasteiger partial charge in [-0.25, -0.2) is 0 Å². The molecule has 2 aliphatic carbocycles. The molecule has 2 aromatic heterocycles. The van der Waals surface area contributed by atoms with Gasteiger partial charge in [0, 0.05) is 46.8 Å². The van der Waals surface area contributed by atoms with Crippen molar-refractivity contribution in [3.8, 4) is 11.1 Å². The van der Waals surface area contributed by atoms with Crippen LogP contribution in [0.15, 0.2) is 121 Å². The van der Waals surface area contributed by atoms with Gasteiger partial charge in [-0.15, -0.1) is 22.7 Å². The van der Waals surface area contributed by atoms with Gasteiger partial charge in [-0.05, 0) is 101 Å². The van der Waals surface area contributed by atoms with Crippen molar-refractivity contribution in [2.45, 2.75) is 12.3 Å². The van der Waals surface area contributed by atoms with E-state index in [4.69, 9.17) is 0 Å². The molecule has 190 valence electrons. The minimum absolute atomic E-state index is 0.705. The average Bonchev–Trinajstić information content (AvgIpc) is 3.57. The molecular weight excluding hydrogens is 523 g/mol. The van der Waals surface area contributed by atoms with Crippen LogP contribution in [-0.4, -0.2) is 0 Å². The van der Waals surface area contributed by atoms with Crippen molar-refractivity contribution in [1.29, 1.82) is 0 Å². The number of thiophene rings is 2. The van der Waals surface area contributed by atoms with Crippen molar-refractivity contribution in [3.05, 3.63) is 132 Å². The fourth-order valence-electron chi connectivity index (χ4n) is 6.47. The van der Waals surface area contributed by atoms with Gasteiger partial charge in [0.15, 0.2) is 0 Å². The van der Waals surface area contributed by atoms with Gasteiger partial charge in [-0.2, -0.15) is 0 Å². The molecule has 0 amide bonds. The molecule has 2 unspecified atom stereocenters. The molecule has 0 spiro atoms. The number of hydrogen-bond donors (Lipinski definition) is 0. The topological polar surface area (TPSA) is 3.24 Å². The molecule has 1 saturated carbocycles. The lowest BCUT2D eigenvalue weighted by molar-refractivity contribution is 1.01. The first-order valence-corrected chi connectivity index (χ1v) is 15.5. The van der Waals surface area contributed by atoms with Gasteiger partial charge in [-0.1, -0.05) is 66.7 Å². The Morgan fingerprint density at radius 3 is 2.02 bits per heavy atom. The standard InChI is InChI=1S/C37H25NS2/c1-2-6-23(7-3-1)24-10-13-26(14-11-24)38(27-15-18-34-31(21-27)29-8-4-5-9-33(29)39-34)28-16-19-35-32(22-28)37-30-20-25(30)12-17-36(37)40-35/h1-19,21-22,25,30H,20H2. The van der Waals surface area contributed by atoms with Crippen molar-refractivity contribution < 1.29 is 0 Å². The van der Waals surface area contributed by atoms with Crippen LogP contribution in [0.3, 0.4) is 0 Å². The van der Waals surface area contributed by atoms with E-state index in [1.807, 2.05) is 22.7 Å². The van der Waals surface area contributed by atoms with Crippen molar-refractivity contribution >= 4 is 76.1 Å². The molecule has 7 aromatic rings. The summed E-state index contributed by atoms with van der Waals surface area (Å²) in [6.45, 7) is 0. The number of nitrogens with zero attached hydrogens (tertiary/aromatic N) is 1. The predicted molar refractivity (Wildman–Crippen MR) is 175 cm³/mol. The first kappa shape index (κ1) is 22.6. The number of benzene rings is 5. The highest BCUT2D eigenvalue weighted by molar-refractivity contribution is 7.25. The average molecular weight is 548 g/mol. The molecule has 0 N–H and O–H groups in total. The van der Waals surface area contributed by atoms with Crippen LogP contribution in [-0.2, 0) is 0 Å². The summed E-state index contributed by atoms with van der Waals surface area (Å²) in [4.78, 5) is 3.89. The lowest BCUT2D eigenvalue weighted by Gasteiger charge is -2.26. The minimum Gasteiger partial charge on any atom is -0.310 e. The SMILES string of the molecule is C1=CC2CC2c2c1sc1ccc(N(c3ccc(-c4ccccc4)cc3)c3ccc4sc5ccccc5c4c3)cc21. The predicted octanol–water partition coefficient (Wildman–Crippen LogP) is 11.5. The van der Waals surface area contributed by atoms with Crippen LogP contribution in [0.1, 0.15) is 22.8 Å². The van der Waals surface area contributed by atoms with E-state index in [0.29, 0.717) is 5.92 Å². The van der Waals surface area contributed by atoms with Crippen LogP contribution in [0, 0.1) is 5.92 Å². The number of hydrogen-bond acceptors (Lipinski definition) is 3. The molecule has 0 saturated heterocycles. The van der Waals surface area contributed by atoms with Gasteiger partial charge < -0.3 is 4.90 Å². The second kappa shape index (κ2) is 8.66. The number of allylic oxidation sites excluding steroid dienone is 1. The van der Waals surface area contributed by atoms with Crippen LogP contribution >= 0.6 is 22.7 Å². The van der Waals surface area contributed by atoms with E-state index in [2.05, 4.69) is 132 Å². The molecular formula is C37H25NS2. The smallest absolute Gasteiger partial charge is 0.0468 e. The zero-order valence-electron chi connectivity index (χ0n) is 21.7. The van der Waals surface area contributed by atoms with Gasteiger partial charge in [0.05, 0.1) is 0 Å². The summed E-state index contributed by atoms with van der Waals surface area (Å²) in [7, 11) is 0. The van der Waals surface area contributed by atoms with Crippen LogP contribution < -0.4 is 4.90 Å². The zero-order valence-corrected chi connectivity index (χ0v) is 23.4. The molecule has 2 aliphatic rings. The zero-order chi connectivity index (χ0) is 26.2. The Kier molecular flexibility index (Phi) is 4.90. The quantitative estimate of drug-likeness (QED) is 0.212. The summed E-state index contributed by atoms with van der Waals surface area (Å²) >= 11 is 3.82. The van der Waals surface area contributed by atoms with E-state index in [9.17, 15) is 0 Å². The summed E-state index contributed by atoms with van der Waals surface area (Å²) in [6.07, 6.45) is 6.08. The third-order valence-corrected chi connectivity index (χ3v) is 10.9. The normalized spacial score (nSPS) is 17.3. The van der Waals surface area contributed by atoms with Crippen molar-refractivity contribution in [2.75, 3.05) is 4.90 Å². The Labute approximate surface area is 241 Å². The first-order chi connectivity index (χ1) is 19.8. The maximum absolute atomic E-state index is 2.44. The molecule has 9 rings (SSSR count). The van der Waals surface area contributed by atoms with Gasteiger partial charge in [0.2, 0.25) is 0 Å². The van der Waals surface area contributed by atoms with Gasteiger partial charge in [0.25, 0.3) is 0 Å². The lowest BCUT2D eigenvalue weighted by Crippen LogP contribution is -2.09. The summed E-state index contributed by atoms with van der Waals surface area (Å²) in [6, 6.07) is 42.5. The molecule has 2 heterocycles. The summed E-state index contributed by atoms with van der Waals surface area (Å²) in [5, 5.41) is 4.09. The molecule has 1 nitrogen and oxygen atoms in total. The van der Waals surface area contributed by atoms with E-state index < -0.39 is 0 Å². The largest absolute Gasteiger partial charge is 0.310 e. The van der Waals surface area contributed by atoms with Crippen molar-refractivity contribution in [1.82, 2.24) is 0 Å². The first-order valence-electron chi connectivity index (χ1n) is 13.9. The minimum atomic E-state index is 0.705. The van der Waals surface area contributed by atoms with E-state index in [1.165, 1.54) is 69.7 Å². The van der Waals surface area contributed by atoms with E-state index in [1.54, 1.807) is 5.56 Å². The van der Waals surface area contributed by atoms with Gasteiger partial charge >= 0.3 is 0 Å². The summed E-state index contributed by atoms with van der Waals surface area (Å²) in [5.41, 5.74) is 7.63. The molecule has 0 radical (unpaired) electrons. The molecule has 0 aliphatic heterocycles. The van der Waals surface area contributed by atoms with Crippen molar-refractivity contribution in [3.63, 3.8) is 0 Å². The van der Waals surface area contributed by atoms with E-state index in [-0.39, 0.29) is 0 Å². The fourth-order valence-corrected chi connectivity index (χ4v) is 8.73. The maximum atomic E-state index is 2.44. The molecule has 2 atom stereocenters. The number of rotatable bonds is 4. The molecule has 5 aromatic carbocycles. The Bertz CT molecular complexity index is 2100. The number of anilines is 3. The van der Waals surface area contributed by atoms with Gasteiger partial charge in [0.1, 0.15) is 0 Å². The molecule has 1 fully saturated rings. The van der Waals surface area contributed by atoms with E-state index >= 15 is 0 Å². The summed E-state index contributed by atoms with van der Waals surface area (Å²) < 4.78 is 4.06. The van der Waals surface area contributed by atoms with Crippen molar-refractivity contribution in [2.24, 2.45) is 5.92 Å². The molecule has 3 heteroatoms.